The van der Waals surface area contributed by atoms with Crippen LogP contribution in [-0.4, -0.2) is 33.7 Å². The molecule has 3 heterocycles. The van der Waals surface area contributed by atoms with E-state index >= 15 is 0 Å². The zero-order chi connectivity index (χ0) is 21.1. The van der Waals surface area contributed by atoms with Crippen LogP contribution in [0, 0.1) is 18.3 Å². The predicted molar refractivity (Wildman–Crippen MR) is 115 cm³/mol. The van der Waals surface area contributed by atoms with Gasteiger partial charge in [0.25, 0.3) is 0 Å². The number of anilines is 3. The van der Waals surface area contributed by atoms with Crippen molar-refractivity contribution in [1.82, 2.24) is 15.0 Å². The number of aliphatic hydroxyl groups is 1. The van der Waals surface area contributed by atoms with E-state index in [1.54, 1.807) is 6.07 Å². The summed E-state index contributed by atoms with van der Waals surface area (Å²) in [5.74, 6) is 1.01. The Morgan fingerprint density at radius 3 is 2.83 bits per heavy atom. The highest BCUT2D eigenvalue weighted by Crippen LogP contribution is 2.36. The van der Waals surface area contributed by atoms with Crippen LogP contribution in [-0.2, 0) is 4.74 Å². The largest absolute Gasteiger partial charge is 0.363 e. The zero-order valence-electron chi connectivity index (χ0n) is 16.7. The Bertz CT molecular complexity index is 1060. The van der Waals surface area contributed by atoms with Crippen molar-refractivity contribution in [3.05, 3.63) is 58.2 Å². The lowest BCUT2D eigenvalue weighted by Gasteiger charge is -2.26. The summed E-state index contributed by atoms with van der Waals surface area (Å²) in [5.41, 5.74) is 2.79. The first kappa shape index (κ1) is 20.2. The quantitative estimate of drug-likeness (QED) is 0.577. The Morgan fingerprint density at radius 2 is 2.13 bits per heavy atom. The maximum absolute atomic E-state index is 10.2. The molecule has 4 rings (SSSR count). The molecule has 2 atom stereocenters. The number of benzene rings is 1. The highest BCUT2D eigenvalue weighted by atomic mass is 32.1. The smallest absolute Gasteiger partial charge is 0.228 e. The van der Waals surface area contributed by atoms with Crippen LogP contribution in [0.4, 0.5) is 16.9 Å². The maximum atomic E-state index is 10.2. The second-order valence-corrected chi connectivity index (χ2v) is 8.13. The summed E-state index contributed by atoms with van der Waals surface area (Å²) in [5, 5.41) is 22.9. The fourth-order valence-corrected chi connectivity index (χ4v) is 4.15. The van der Waals surface area contributed by atoms with Gasteiger partial charge in [-0.2, -0.15) is 10.2 Å². The maximum Gasteiger partial charge on any atom is 0.228 e. The van der Waals surface area contributed by atoms with Gasteiger partial charge in [0.2, 0.25) is 5.95 Å². The Labute approximate surface area is 178 Å². The van der Waals surface area contributed by atoms with Gasteiger partial charge in [-0.1, -0.05) is 41.2 Å². The van der Waals surface area contributed by atoms with E-state index in [2.05, 4.69) is 62.4 Å². The van der Waals surface area contributed by atoms with Crippen LogP contribution < -0.4 is 10.2 Å². The van der Waals surface area contributed by atoms with Gasteiger partial charge in [0, 0.05) is 19.7 Å². The predicted octanol–water partition coefficient (Wildman–Crippen LogP) is 3.84. The highest BCUT2D eigenvalue weighted by molar-refractivity contribution is 7.16. The number of methoxy groups -OCH3 is 1. The van der Waals surface area contributed by atoms with Gasteiger partial charge in [-0.05, 0) is 25.3 Å². The second-order valence-electron chi connectivity index (χ2n) is 7.09. The van der Waals surface area contributed by atoms with Crippen molar-refractivity contribution in [1.29, 1.82) is 5.26 Å². The van der Waals surface area contributed by atoms with Crippen LogP contribution >= 0.6 is 11.3 Å². The molecular weight excluding hydrogens is 400 g/mol. The number of ether oxygens (including phenoxy) is 1. The number of aryl methyl sites for hydroxylation is 1. The molecule has 1 aliphatic heterocycles. The van der Waals surface area contributed by atoms with Crippen LogP contribution in [0.5, 0.6) is 0 Å². The fourth-order valence-electron chi connectivity index (χ4n) is 3.53. The lowest BCUT2D eigenvalue weighted by Crippen LogP contribution is -2.25. The third kappa shape index (κ3) is 4.26. The molecule has 1 saturated heterocycles. The first-order valence-corrected chi connectivity index (χ1v) is 10.4. The Balaban J connectivity index is 1.68. The number of thiazole rings is 1. The van der Waals surface area contributed by atoms with Crippen molar-refractivity contribution >= 4 is 28.2 Å². The van der Waals surface area contributed by atoms with Crippen molar-refractivity contribution < 1.29 is 9.84 Å². The van der Waals surface area contributed by atoms with E-state index in [-0.39, 0.29) is 6.04 Å². The van der Waals surface area contributed by atoms with Crippen molar-refractivity contribution in [2.75, 3.05) is 23.9 Å². The van der Waals surface area contributed by atoms with Crippen molar-refractivity contribution in [3.8, 4) is 6.07 Å². The number of nitriles is 1. The van der Waals surface area contributed by atoms with Gasteiger partial charge in [0.05, 0.1) is 12.2 Å². The summed E-state index contributed by atoms with van der Waals surface area (Å²) in [6, 6.07) is 12.4. The zero-order valence-corrected chi connectivity index (χ0v) is 17.6. The molecule has 2 N–H and O–H groups in total. The molecule has 0 saturated carbocycles. The first-order valence-electron chi connectivity index (χ1n) is 9.63. The van der Waals surface area contributed by atoms with Crippen molar-refractivity contribution in [2.45, 2.75) is 32.1 Å². The molecule has 154 valence electrons. The average Bonchev–Trinajstić information content (AvgIpc) is 3.43. The molecule has 2 aromatic heterocycles. The van der Waals surface area contributed by atoms with Crippen LogP contribution in [0.1, 0.15) is 46.9 Å². The van der Waals surface area contributed by atoms with Gasteiger partial charge in [-0.25, -0.2) is 9.97 Å². The van der Waals surface area contributed by atoms with Gasteiger partial charge in [0.15, 0.2) is 11.4 Å². The standard InChI is InChI=1S/C21H22N6O2S/c1-13-5-7-14(8-6-13)17-4-3-9-27(17)20-24-16(19(28)29-2)10-18(25-20)26-21-23-12-15(11-22)30-21/h5-8,10,12,17,19,28H,3-4,9H2,1-2H3,(H,23,24,25,26). The minimum absolute atomic E-state index is 0.165. The number of hydrogen-bond donors (Lipinski definition) is 2. The monoisotopic (exact) mass is 422 g/mol. The third-order valence-electron chi connectivity index (χ3n) is 5.03. The van der Waals surface area contributed by atoms with E-state index in [1.807, 2.05) is 0 Å². The molecular formula is C21H22N6O2S. The highest BCUT2D eigenvalue weighted by Gasteiger charge is 2.29. The normalized spacial score (nSPS) is 17.0. The van der Waals surface area contributed by atoms with E-state index in [9.17, 15) is 5.11 Å². The lowest BCUT2D eigenvalue weighted by atomic mass is 10.0. The number of nitrogens with one attached hydrogen (secondary N) is 1. The minimum Gasteiger partial charge on any atom is -0.363 e. The lowest BCUT2D eigenvalue weighted by molar-refractivity contribution is -0.0798. The molecule has 0 aliphatic carbocycles. The Kier molecular flexibility index (Phi) is 5.90. The fraction of sp³-hybridized carbons (Fsp3) is 0.333. The van der Waals surface area contributed by atoms with E-state index in [0.29, 0.717) is 27.5 Å². The molecule has 2 unspecified atom stereocenters. The van der Waals surface area contributed by atoms with Gasteiger partial charge in [0.1, 0.15) is 22.5 Å². The van der Waals surface area contributed by atoms with Crippen LogP contribution in [0.2, 0.25) is 0 Å². The SMILES string of the molecule is COC(O)c1cc(Nc2ncc(C#N)s2)nc(N2CCCC2c2ccc(C)cc2)n1. The van der Waals surface area contributed by atoms with Gasteiger partial charge in [-0.15, -0.1) is 0 Å². The Hall–Kier alpha value is -3.06. The summed E-state index contributed by atoms with van der Waals surface area (Å²) in [6.45, 7) is 2.89. The van der Waals surface area contributed by atoms with Gasteiger partial charge < -0.3 is 20.1 Å². The van der Waals surface area contributed by atoms with Gasteiger partial charge >= 0.3 is 0 Å². The van der Waals surface area contributed by atoms with Gasteiger partial charge in [-0.3, -0.25) is 0 Å². The molecule has 30 heavy (non-hydrogen) atoms. The molecule has 0 amide bonds. The molecule has 0 bridgehead atoms. The van der Waals surface area contributed by atoms with E-state index < -0.39 is 6.29 Å². The molecule has 1 aromatic carbocycles. The molecule has 3 aromatic rings. The average molecular weight is 423 g/mol. The van der Waals surface area contributed by atoms with Crippen LogP contribution in [0.15, 0.2) is 36.5 Å². The summed E-state index contributed by atoms with van der Waals surface area (Å²) in [4.78, 5) is 16.1. The number of hydrogen-bond acceptors (Lipinski definition) is 9. The molecule has 0 radical (unpaired) electrons. The van der Waals surface area contributed by atoms with Crippen molar-refractivity contribution in [2.24, 2.45) is 0 Å². The number of rotatable bonds is 6. The van der Waals surface area contributed by atoms with Crippen LogP contribution in [0.25, 0.3) is 0 Å². The first-order chi connectivity index (χ1) is 14.6. The molecule has 8 nitrogen and oxygen atoms in total. The number of aliphatic hydroxyl groups excluding tert-OH is 1. The van der Waals surface area contributed by atoms with E-state index in [1.165, 1.54) is 35.8 Å². The molecule has 0 spiro atoms. The van der Waals surface area contributed by atoms with Crippen LogP contribution in [0.3, 0.4) is 0 Å². The second kappa shape index (κ2) is 8.75. The van der Waals surface area contributed by atoms with E-state index in [0.717, 1.165) is 19.4 Å². The molecule has 9 heteroatoms. The topological polar surface area (TPSA) is 107 Å². The van der Waals surface area contributed by atoms with E-state index in [4.69, 9.17) is 10.00 Å². The summed E-state index contributed by atoms with van der Waals surface area (Å²) in [6.07, 6.45) is 2.37. The van der Waals surface area contributed by atoms with Crippen molar-refractivity contribution in [3.63, 3.8) is 0 Å². The summed E-state index contributed by atoms with van der Waals surface area (Å²) in [7, 11) is 1.42. The number of aromatic nitrogens is 3. The molecule has 1 aliphatic rings. The summed E-state index contributed by atoms with van der Waals surface area (Å²) >= 11 is 1.23. The summed E-state index contributed by atoms with van der Waals surface area (Å²) < 4.78 is 5.07. The number of nitrogens with zero attached hydrogens (tertiary/aromatic N) is 5. The minimum atomic E-state index is -1.17. The Morgan fingerprint density at radius 1 is 1.33 bits per heavy atom. The molecule has 1 fully saturated rings. The third-order valence-corrected chi connectivity index (χ3v) is 5.85.